The highest BCUT2D eigenvalue weighted by Gasteiger charge is 2.26. The molecule has 126 valence electrons. The molecule has 0 spiro atoms. The van der Waals surface area contributed by atoms with Crippen LogP contribution in [0.15, 0.2) is 34.0 Å². The highest BCUT2D eigenvalue weighted by atomic mass is 32.2. The molecular formula is C16H16N2O5S. The standard InChI is InChI=1S/C16H16N2O5S/c1-9-5-6-13(15(19)17-9)18-24(22,23)14-8-11(16(20)21)7-10-3-2-4-12(10)14/h5-8,18H,2-4H2,1H3,(H,17,19)(H,20,21). The summed E-state index contributed by atoms with van der Waals surface area (Å²) in [5.41, 5.74) is 1.23. The number of pyridine rings is 1. The Balaban J connectivity index is 2.10. The molecule has 24 heavy (non-hydrogen) atoms. The molecule has 1 aliphatic rings. The average Bonchev–Trinajstić information content (AvgIpc) is 2.97. The highest BCUT2D eigenvalue weighted by molar-refractivity contribution is 7.92. The number of rotatable bonds is 4. The quantitative estimate of drug-likeness (QED) is 0.777. The van der Waals surface area contributed by atoms with Crippen LogP contribution in [0.1, 0.15) is 33.6 Å². The predicted molar refractivity (Wildman–Crippen MR) is 88.0 cm³/mol. The lowest BCUT2D eigenvalue weighted by molar-refractivity contribution is 0.0696. The van der Waals surface area contributed by atoms with E-state index in [9.17, 15) is 23.1 Å². The first-order chi connectivity index (χ1) is 11.3. The second-order valence-corrected chi connectivity index (χ2v) is 7.41. The summed E-state index contributed by atoms with van der Waals surface area (Å²) in [6, 6.07) is 5.63. The Morgan fingerprint density at radius 2 is 2.00 bits per heavy atom. The summed E-state index contributed by atoms with van der Waals surface area (Å²) in [7, 11) is -4.06. The van der Waals surface area contributed by atoms with Crippen molar-refractivity contribution in [2.75, 3.05) is 4.72 Å². The number of hydrogen-bond acceptors (Lipinski definition) is 4. The Labute approximate surface area is 138 Å². The van der Waals surface area contributed by atoms with Gasteiger partial charge in [0.25, 0.3) is 15.6 Å². The van der Waals surface area contributed by atoms with Gasteiger partial charge in [-0.2, -0.15) is 0 Å². The number of fused-ring (bicyclic) bond motifs is 1. The van der Waals surface area contributed by atoms with E-state index in [4.69, 9.17) is 0 Å². The minimum absolute atomic E-state index is 0.0742. The molecule has 0 fully saturated rings. The Hall–Kier alpha value is -2.61. The number of aromatic carboxylic acids is 1. The van der Waals surface area contributed by atoms with E-state index in [0.717, 1.165) is 18.1 Å². The van der Waals surface area contributed by atoms with Gasteiger partial charge < -0.3 is 10.1 Å². The van der Waals surface area contributed by atoms with Crippen molar-refractivity contribution < 1.29 is 18.3 Å². The summed E-state index contributed by atoms with van der Waals surface area (Å²) in [5.74, 6) is -1.19. The Morgan fingerprint density at radius 3 is 2.67 bits per heavy atom. The molecule has 0 amide bonds. The SMILES string of the molecule is Cc1ccc(NS(=O)(=O)c2cc(C(=O)O)cc3c2CCC3)c(=O)[nH]1. The zero-order valence-electron chi connectivity index (χ0n) is 12.9. The first kappa shape index (κ1) is 16.3. The number of benzene rings is 1. The van der Waals surface area contributed by atoms with Crippen molar-refractivity contribution in [2.24, 2.45) is 0 Å². The largest absolute Gasteiger partial charge is 0.478 e. The third-order valence-corrected chi connectivity index (χ3v) is 5.44. The lowest BCUT2D eigenvalue weighted by atomic mass is 10.1. The molecule has 1 aromatic carbocycles. The normalized spacial score (nSPS) is 13.5. The number of anilines is 1. The molecule has 0 atom stereocenters. The Bertz CT molecular complexity index is 992. The topological polar surface area (TPSA) is 116 Å². The second kappa shape index (κ2) is 5.79. The average molecular weight is 348 g/mol. The van der Waals surface area contributed by atoms with Gasteiger partial charge in [-0.25, -0.2) is 13.2 Å². The first-order valence-electron chi connectivity index (χ1n) is 7.40. The van der Waals surface area contributed by atoms with Crippen LogP contribution < -0.4 is 10.3 Å². The molecule has 0 aliphatic heterocycles. The molecule has 3 N–H and O–H groups in total. The number of sulfonamides is 1. The number of aryl methyl sites for hydroxylation is 2. The molecule has 7 nitrogen and oxygen atoms in total. The molecule has 0 unspecified atom stereocenters. The van der Waals surface area contributed by atoms with E-state index in [1.54, 1.807) is 13.0 Å². The smallest absolute Gasteiger partial charge is 0.335 e. The lowest BCUT2D eigenvalue weighted by Gasteiger charge is -2.13. The first-order valence-corrected chi connectivity index (χ1v) is 8.88. The molecule has 1 aromatic heterocycles. The van der Waals surface area contributed by atoms with E-state index in [-0.39, 0.29) is 16.1 Å². The molecule has 0 radical (unpaired) electrons. The maximum Gasteiger partial charge on any atom is 0.335 e. The summed E-state index contributed by atoms with van der Waals surface area (Å²) < 4.78 is 27.7. The number of H-pyrrole nitrogens is 1. The minimum atomic E-state index is -4.06. The van der Waals surface area contributed by atoms with Crippen molar-refractivity contribution in [3.05, 3.63) is 57.0 Å². The summed E-state index contributed by atoms with van der Waals surface area (Å²) in [6.07, 6.45) is 1.98. The summed E-state index contributed by atoms with van der Waals surface area (Å²) >= 11 is 0. The molecule has 1 heterocycles. The van der Waals surface area contributed by atoms with E-state index in [0.29, 0.717) is 24.1 Å². The van der Waals surface area contributed by atoms with E-state index < -0.39 is 21.6 Å². The molecule has 3 rings (SSSR count). The van der Waals surface area contributed by atoms with Gasteiger partial charge in [-0.3, -0.25) is 9.52 Å². The number of carboxylic acids is 1. The lowest BCUT2D eigenvalue weighted by Crippen LogP contribution is -2.22. The second-order valence-electron chi connectivity index (χ2n) is 5.76. The van der Waals surface area contributed by atoms with Gasteiger partial charge >= 0.3 is 5.97 Å². The fourth-order valence-corrected chi connectivity index (χ4v) is 4.28. The predicted octanol–water partition coefficient (Wildman–Crippen LogP) is 1.67. The molecule has 0 saturated heterocycles. The Kier molecular flexibility index (Phi) is 3.92. The monoisotopic (exact) mass is 348 g/mol. The summed E-state index contributed by atoms with van der Waals surface area (Å²) in [6.45, 7) is 1.68. The van der Waals surface area contributed by atoms with Crippen LogP contribution in [0, 0.1) is 6.92 Å². The third kappa shape index (κ3) is 2.92. The van der Waals surface area contributed by atoms with Crippen LogP contribution in [0.25, 0.3) is 0 Å². The maximum absolute atomic E-state index is 12.7. The molecule has 1 aliphatic carbocycles. The van der Waals surface area contributed by atoms with Crippen LogP contribution >= 0.6 is 0 Å². The van der Waals surface area contributed by atoms with Gasteiger partial charge in [0, 0.05) is 5.69 Å². The van der Waals surface area contributed by atoms with Gasteiger partial charge in [0.1, 0.15) is 5.69 Å². The van der Waals surface area contributed by atoms with Gasteiger partial charge in [0.2, 0.25) is 0 Å². The van der Waals surface area contributed by atoms with Crippen molar-refractivity contribution in [3.63, 3.8) is 0 Å². The van der Waals surface area contributed by atoms with Gasteiger partial charge in [-0.05, 0) is 61.6 Å². The summed E-state index contributed by atoms with van der Waals surface area (Å²) in [5, 5.41) is 9.20. The van der Waals surface area contributed by atoms with Gasteiger partial charge in [0.15, 0.2) is 0 Å². The van der Waals surface area contributed by atoms with E-state index in [2.05, 4.69) is 9.71 Å². The zero-order valence-corrected chi connectivity index (χ0v) is 13.7. The number of aromatic nitrogens is 1. The van der Waals surface area contributed by atoms with E-state index in [1.807, 2.05) is 0 Å². The van der Waals surface area contributed by atoms with Crippen LogP contribution in [0.3, 0.4) is 0 Å². The van der Waals surface area contributed by atoms with Gasteiger partial charge in [-0.15, -0.1) is 0 Å². The van der Waals surface area contributed by atoms with Gasteiger partial charge in [0.05, 0.1) is 10.5 Å². The van der Waals surface area contributed by atoms with Crippen LogP contribution in [0.4, 0.5) is 5.69 Å². The zero-order chi connectivity index (χ0) is 17.5. The van der Waals surface area contributed by atoms with E-state index >= 15 is 0 Å². The molecule has 0 saturated carbocycles. The van der Waals surface area contributed by atoms with Crippen molar-refractivity contribution in [1.29, 1.82) is 0 Å². The van der Waals surface area contributed by atoms with Crippen molar-refractivity contribution in [3.8, 4) is 0 Å². The number of aromatic amines is 1. The molecule has 2 aromatic rings. The van der Waals surface area contributed by atoms with Crippen LogP contribution in [0.2, 0.25) is 0 Å². The van der Waals surface area contributed by atoms with Crippen molar-refractivity contribution >= 4 is 21.7 Å². The molecule has 8 heteroatoms. The van der Waals surface area contributed by atoms with Crippen molar-refractivity contribution in [2.45, 2.75) is 31.1 Å². The van der Waals surface area contributed by atoms with Crippen LogP contribution in [0.5, 0.6) is 0 Å². The number of carbonyl (C=O) groups is 1. The number of carboxylic acid groups (broad SMARTS) is 1. The minimum Gasteiger partial charge on any atom is -0.478 e. The highest BCUT2D eigenvalue weighted by Crippen LogP contribution is 2.30. The maximum atomic E-state index is 12.7. The summed E-state index contributed by atoms with van der Waals surface area (Å²) in [4.78, 5) is 25.6. The number of hydrogen-bond donors (Lipinski definition) is 3. The van der Waals surface area contributed by atoms with Crippen molar-refractivity contribution in [1.82, 2.24) is 4.98 Å². The molecular weight excluding hydrogens is 332 g/mol. The van der Waals surface area contributed by atoms with Crippen LogP contribution in [-0.4, -0.2) is 24.5 Å². The molecule has 0 bridgehead atoms. The third-order valence-electron chi connectivity index (χ3n) is 4.01. The fourth-order valence-electron chi connectivity index (χ4n) is 2.88. The fraction of sp³-hybridized carbons (Fsp3) is 0.250. The number of nitrogens with one attached hydrogen (secondary N) is 2. The van der Waals surface area contributed by atoms with Crippen LogP contribution in [-0.2, 0) is 22.9 Å². The Morgan fingerprint density at radius 1 is 1.25 bits per heavy atom. The van der Waals surface area contributed by atoms with Gasteiger partial charge in [-0.1, -0.05) is 0 Å². The van der Waals surface area contributed by atoms with E-state index in [1.165, 1.54) is 12.1 Å².